The third kappa shape index (κ3) is 4.32. The number of aromatic nitrogens is 4. The maximum absolute atomic E-state index is 11.0. The van der Waals surface area contributed by atoms with Crippen LogP contribution in [0.5, 0.6) is 0 Å². The number of imidazole rings is 1. The third-order valence-electron chi connectivity index (χ3n) is 3.83. The highest BCUT2D eigenvalue weighted by Crippen LogP contribution is 2.34. The fourth-order valence-corrected chi connectivity index (χ4v) is 3.03. The first kappa shape index (κ1) is 18.6. The zero-order valence-electron chi connectivity index (χ0n) is 13.8. The molecule has 0 aliphatic heterocycles. The third-order valence-corrected chi connectivity index (χ3v) is 4.35. The summed E-state index contributed by atoms with van der Waals surface area (Å²) in [6.45, 7) is -0.0952. The van der Waals surface area contributed by atoms with Gasteiger partial charge in [0.1, 0.15) is 23.9 Å². The van der Waals surface area contributed by atoms with Gasteiger partial charge in [0.05, 0.1) is 19.0 Å². The van der Waals surface area contributed by atoms with Crippen molar-refractivity contribution in [3.05, 3.63) is 43.0 Å². The van der Waals surface area contributed by atoms with Gasteiger partial charge < -0.3 is 24.2 Å². The fourth-order valence-electron chi connectivity index (χ4n) is 2.69. The lowest BCUT2D eigenvalue weighted by atomic mass is 10.1. The number of nitrogens with zero attached hydrogens (tertiary/aromatic N) is 4. The van der Waals surface area contributed by atoms with Gasteiger partial charge in [-0.25, -0.2) is 15.0 Å². The molecule has 1 unspecified atom stereocenters. The van der Waals surface area contributed by atoms with Crippen LogP contribution >= 0.6 is 7.60 Å². The van der Waals surface area contributed by atoms with Crippen molar-refractivity contribution in [1.82, 2.24) is 19.5 Å². The Morgan fingerprint density at radius 3 is 2.62 bits per heavy atom. The highest BCUT2D eigenvalue weighted by Gasteiger charge is 2.20. The molecule has 0 amide bonds. The first-order valence-electron chi connectivity index (χ1n) is 7.95. The lowest BCUT2D eigenvalue weighted by molar-refractivity contribution is 0.112. The summed E-state index contributed by atoms with van der Waals surface area (Å²) in [6.07, 6.45) is 2.67. The average molecular weight is 378 g/mol. The van der Waals surface area contributed by atoms with E-state index in [4.69, 9.17) is 14.5 Å². The minimum absolute atomic E-state index is 0.0157. The summed E-state index contributed by atoms with van der Waals surface area (Å²) in [5.41, 5.74) is 2.77. The minimum atomic E-state index is -4.25. The van der Waals surface area contributed by atoms with Gasteiger partial charge in [-0.15, -0.1) is 0 Å². The number of benzene rings is 1. The van der Waals surface area contributed by atoms with Gasteiger partial charge in [0, 0.05) is 12.2 Å². The van der Waals surface area contributed by atoms with Crippen LogP contribution in [0.4, 0.5) is 0 Å². The Bertz CT molecular complexity index is 911. The number of aliphatic hydroxyl groups excluding tert-OH is 1. The molecule has 0 saturated heterocycles. The summed E-state index contributed by atoms with van der Waals surface area (Å²) in [7, 11) is -4.25. The van der Waals surface area contributed by atoms with E-state index in [1.807, 2.05) is 30.3 Å². The summed E-state index contributed by atoms with van der Waals surface area (Å²) in [4.78, 5) is 30.9. The van der Waals surface area contributed by atoms with E-state index in [1.165, 1.54) is 6.33 Å². The molecule has 0 aliphatic rings. The van der Waals surface area contributed by atoms with E-state index in [-0.39, 0.29) is 19.3 Å². The molecule has 3 N–H and O–H groups in total. The predicted molar refractivity (Wildman–Crippen MR) is 94.4 cm³/mol. The predicted octanol–water partition coefficient (Wildman–Crippen LogP) is 1.57. The van der Waals surface area contributed by atoms with Crippen molar-refractivity contribution in [2.24, 2.45) is 0 Å². The quantitative estimate of drug-likeness (QED) is 0.504. The molecule has 138 valence electrons. The second-order valence-corrected chi connectivity index (χ2v) is 7.33. The Kier molecular flexibility index (Phi) is 5.75. The van der Waals surface area contributed by atoms with Crippen LogP contribution in [-0.2, 0) is 9.30 Å². The van der Waals surface area contributed by atoms with Crippen LogP contribution in [0, 0.1) is 0 Å². The molecule has 0 spiro atoms. The Labute approximate surface area is 149 Å². The summed E-state index contributed by atoms with van der Waals surface area (Å²) in [6, 6.07) is 9.21. The molecule has 1 aromatic carbocycles. The van der Waals surface area contributed by atoms with Crippen molar-refractivity contribution in [3.63, 3.8) is 0 Å². The zero-order valence-corrected chi connectivity index (χ0v) is 14.7. The van der Waals surface area contributed by atoms with E-state index in [0.717, 1.165) is 5.56 Å². The lowest BCUT2D eigenvalue weighted by Gasteiger charge is -2.18. The van der Waals surface area contributed by atoms with Gasteiger partial charge in [0.25, 0.3) is 0 Å². The largest absolute Gasteiger partial charge is 0.396 e. The monoisotopic (exact) mass is 378 g/mol. The van der Waals surface area contributed by atoms with Crippen LogP contribution in [0.2, 0.25) is 0 Å². The van der Waals surface area contributed by atoms with Crippen molar-refractivity contribution in [1.29, 1.82) is 0 Å². The number of aliphatic hydroxyl groups is 1. The van der Waals surface area contributed by atoms with Crippen molar-refractivity contribution in [2.75, 3.05) is 19.6 Å². The fraction of sp³-hybridized carbons (Fsp3) is 0.312. The Morgan fingerprint density at radius 1 is 1.15 bits per heavy atom. The Balaban J connectivity index is 1.92. The molecule has 26 heavy (non-hydrogen) atoms. The van der Waals surface area contributed by atoms with Crippen molar-refractivity contribution < 1.29 is 24.2 Å². The number of fused-ring (bicyclic) bond motifs is 1. The van der Waals surface area contributed by atoms with Crippen molar-refractivity contribution in [2.45, 2.75) is 12.5 Å². The molecule has 0 fully saturated rings. The normalized spacial score (nSPS) is 13.2. The number of hydrogen-bond acceptors (Lipinski definition) is 6. The number of ether oxygens (including phenoxy) is 1. The van der Waals surface area contributed by atoms with Gasteiger partial charge in [-0.1, -0.05) is 30.3 Å². The smallest absolute Gasteiger partial charge is 0.350 e. The molecule has 0 bridgehead atoms. The maximum Gasteiger partial charge on any atom is 0.350 e. The summed E-state index contributed by atoms with van der Waals surface area (Å²) < 4.78 is 17.8. The van der Waals surface area contributed by atoms with Crippen LogP contribution in [0.3, 0.4) is 0 Å². The molecular formula is C16H19N4O5P. The van der Waals surface area contributed by atoms with E-state index < -0.39 is 13.9 Å². The first-order chi connectivity index (χ1) is 12.5. The average Bonchev–Trinajstić information content (AvgIpc) is 3.05. The molecule has 9 nitrogen and oxygen atoms in total. The highest BCUT2D eigenvalue weighted by atomic mass is 31.2. The molecule has 2 aromatic heterocycles. The van der Waals surface area contributed by atoms with Gasteiger partial charge in [-0.05, 0) is 6.42 Å². The molecule has 0 aliphatic carbocycles. The van der Waals surface area contributed by atoms with E-state index in [0.29, 0.717) is 23.3 Å². The highest BCUT2D eigenvalue weighted by molar-refractivity contribution is 7.51. The second-order valence-electron chi connectivity index (χ2n) is 5.74. The molecular weight excluding hydrogens is 359 g/mol. The first-order valence-corrected chi connectivity index (χ1v) is 9.75. The van der Waals surface area contributed by atoms with Gasteiger partial charge in [0.15, 0.2) is 5.65 Å². The summed E-state index contributed by atoms with van der Waals surface area (Å²) in [5.74, 6) is 0. The zero-order chi connectivity index (χ0) is 18.6. The SMILES string of the molecule is O=P(O)(O)COCC(CCO)n1cnc2c(-c3ccccc3)ncnc21. The van der Waals surface area contributed by atoms with Gasteiger partial charge >= 0.3 is 7.60 Å². The van der Waals surface area contributed by atoms with Crippen LogP contribution in [0.25, 0.3) is 22.4 Å². The van der Waals surface area contributed by atoms with Crippen molar-refractivity contribution in [3.8, 4) is 11.3 Å². The molecule has 3 rings (SSSR count). The van der Waals surface area contributed by atoms with E-state index in [2.05, 4.69) is 15.0 Å². The molecule has 1 atom stereocenters. The molecule has 2 heterocycles. The van der Waals surface area contributed by atoms with Crippen LogP contribution in [-0.4, -0.2) is 54.0 Å². The molecule has 10 heteroatoms. The topological polar surface area (TPSA) is 131 Å². The van der Waals surface area contributed by atoms with Crippen LogP contribution in [0.15, 0.2) is 43.0 Å². The van der Waals surface area contributed by atoms with Gasteiger partial charge in [0.2, 0.25) is 0 Å². The second kappa shape index (κ2) is 8.03. The van der Waals surface area contributed by atoms with Gasteiger partial charge in [-0.3, -0.25) is 4.57 Å². The van der Waals surface area contributed by atoms with Crippen molar-refractivity contribution >= 4 is 18.8 Å². The standard InChI is InChI=1S/C16H19N4O5P/c21-7-6-13(8-25-11-26(22,23)24)20-10-19-15-14(17-9-18-16(15)20)12-4-2-1-3-5-12/h1-5,9-10,13,21H,6-8,11H2,(H2,22,23,24). The molecule has 3 aromatic rings. The maximum atomic E-state index is 11.0. The number of hydrogen-bond donors (Lipinski definition) is 3. The Hall–Kier alpha value is -2.16. The van der Waals surface area contributed by atoms with Crippen LogP contribution < -0.4 is 0 Å². The van der Waals surface area contributed by atoms with E-state index in [1.54, 1.807) is 10.9 Å². The van der Waals surface area contributed by atoms with Crippen LogP contribution in [0.1, 0.15) is 12.5 Å². The Morgan fingerprint density at radius 2 is 1.92 bits per heavy atom. The van der Waals surface area contributed by atoms with E-state index in [9.17, 15) is 9.67 Å². The minimum Gasteiger partial charge on any atom is -0.396 e. The summed E-state index contributed by atoms with van der Waals surface area (Å²) in [5, 5.41) is 9.32. The number of rotatable bonds is 8. The molecule has 0 saturated carbocycles. The molecule has 0 radical (unpaired) electrons. The van der Waals surface area contributed by atoms with Gasteiger partial charge in [-0.2, -0.15) is 0 Å². The lowest BCUT2D eigenvalue weighted by Crippen LogP contribution is -2.17. The summed E-state index contributed by atoms with van der Waals surface area (Å²) >= 11 is 0. The van der Waals surface area contributed by atoms with E-state index >= 15 is 0 Å².